The number of pyridine rings is 1. The Kier molecular flexibility index (Phi) is 6.88. The van der Waals surface area contributed by atoms with E-state index < -0.39 is 0 Å². The predicted octanol–water partition coefficient (Wildman–Crippen LogP) is 2.34. The molecule has 5 heterocycles. The van der Waals surface area contributed by atoms with Crippen LogP contribution in [0.2, 0.25) is 0 Å². The number of carbonyl (C=O) groups excluding carboxylic acids is 1. The van der Waals surface area contributed by atoms with Crippen LogP contribution >= 0.6 is 23.5 Å². The Morgan fingerprint density at radius 1 is 1.29 bits per heavy atom. The monoisotopic (exact) mass is 499 g/mol. The molecule has 12 heteroatoms. The number of aromatic nitrogens is 6. The van der Waals surface area contributed by atoms with E-state index in [1.807, 2.05) is 59.1 Å². The van der Waals surface area contributed by atoms with Gasteiger partial charge in [-0.2, -0.15) is 9.50 Å². The van der Waals surface area contributed by atoms with Gasteiger partial charge >= 0.3 is 0 Å². The number of carbonyl (C=O) groups is 1. The van der Waals surface area contributed by atoms with Gasteiger partial charge in [-0.25, -0.2) is 9.97 Å². The molecule has 1 amide bonds. The Bertz CT molecular complexity index is 1280. The lowest BCUT2D eigenvalue weighted by atomic mass is 10.3. The number of aryl methyl sites for hydroxylation is 1. The van der Waals surface area contributed by atoms with Crippen LogP contribution < -0.4 is 4.74 Å². The van der Waals surface area contributed by atoms with Crippen molar-refractivity contribution in [2.24, 2.45) is 0 Å². The molecule has 0 aliphatic carbocycles. The van der Waals surface area contributed by atoms with Crippen LogP contribution in [0.25, 0.3) is 11.4 Å². The number of nitrogens with zero attached hydrogens (tertiary/aromatic N) is 7. The summed E-state index contributed by atoms with van der Waals surface area (Å²) in [5.41, 5.74) is 2.68. The minimum absolute atomic E-state index is 0.102. The Morgan fingerprint density at radius 2 is 2.21 bits per heavy atom. The molecule has 34 heavy (non-hydrogen) atoms. The maximum atomic E-state index is 12.8. The molecule has 0 N–H and O–H groups in total. The fourth-order valence-electron chi connectivity index (χ4n) is 3.74. The van der Waals surface area contributed by atoms with E-state index >= 15 is 0 Å². The number of rotatable bonds is 8. The summed E-state index contributed by atoms with van der Waals surface area (Å²) in [6, 6.07) is 7.73. The van der Waals surface area contributed by atoms with Crippen molar-refractivity contribution in [3.05, 3.63) is 48.0 Å². The van der Waals surface area contributed by atoms with Crippen LogP contribution in [0, 0.1) is 6.92 Å². The van der Waals surface area contributed by atoms with E-state index in [-0.39, 0.29) is 12.0 Å². The highest BCUT2D eigenvalue weighted by Crippen LogP contribution is 2.19. The number of amides is 1. The minimum Gasteiger partial charge on any atom is -0.475 e. The first-order valence-corrected chi connectivity index (χ1v) is 13.3. The van der Waals surface area contributed by atoms with Crippen LogP contribution in [-0.2, 0) is 15.3 Å². The molecule has 1 unspecified atom stereocenters. The molecule has 5 rings (SSSR count). The standard InChI is InChI=1S/C22H25N7O3S2/c1-15-9-20(29-21(23-15)25-22(26-29)33-2)32-12-17-11-28(7-8-31-17)19(30)14-34-13-16-10-27-6-4-3-5-18(27)24-16/h3-6,9-10,17H,7-8,11-14H2,1-2H3. The number of hydrogen-bond acceptors (Lipinski definition) is 9. The van der Waals surface area contributed by atoms with Crippen LogP contribution in [-0.4, -0.2) is 84.2 Å². The molecular weight excluding hydrogens is 474 g/mol. The zero-order valence-corrected chi connectivity index (χ0v) is 20.6. The Balaban J connectivity index is 1.14. The first kappa shape index (κ1) is 22.9. The van der Waals surface area contributed by atoms with Crippen LogP contribution in [0.15, 0.2) is 41.8 Å². The molecule has 1 saturated heterocycles. The molecule has 0 aromatic carbocycles. The number of imidazole rings is 1. The second kappa shape index (κ2) is 10.2. The van der Waals surface area contributed by atoms with Crippen LogP contribution in [0.5, 0.6) is 5.88 Å². The van der Waals surface area contributed by atoms with Gasteiger partial charge in [-0.1, -0.05) is 17.8 Å². The Labute approximate surface area is 205 Å². The molecule has 1 fully saturated rings. The highest BCUT2D eigenvalue weighted by molar-refractivity contribution is 7.99. The number of hydrogen-bond donors (Lipinski definition) is 0. The van der Waals surface area contributed by atoms with E-state index in [0.29, 0.717) is 54.6 Å². The van der Waals surface area contributed by atoms with E-state index in [1.54, 1.807) is 16.3 Å². The lowest BCUT2D eigenvalue weighted by Gasteiger charge is -2.32. The van der Waals surface area contributed by atoms with Crippen molar-refractivity contribution in [3.8, 4) is 5.88 Å². The summed E-state index contributed by atoms with van der Waals surface area (Å²) in [6.45, 7) is 3.77. The zero-order valence-electron chi connectivity index (χ0n) is 19.0. The lowest BCUT2D eigenvalue weighted by molar-refractivity contribution is -0.137. The van der Waals surface area contributed by atoms with E-state index in [0.717, 1.165) is 17.0 Å². The van der Waals surface area contributed by atoms with E-state index in [2.05, 4.69) is 20.1 Å². The second-order valence-corrected chi connectivity index (χ2v) is 9.64. The van der Waals surface area contributed by atoms with E-state index in [4.69, 9.17) is 9.47 Å². The van der Waals surface area contributed by atoms with E-state index in [1.165, 1.54) is 11.8 Å². The van der Waals surface area contributed by atoms with Gasteiger partial charge in [0.25, 0.3) is 5.78 Å². The molecule has 1 aliphatic heterocycles. The van der Waals surface area contributed by atoms with Gasteiger partial charge in [0, 0.05) is 36.5 Å². The van der Waals surface area contributed by atoms with Crippen molar-refractivity contribution in [2.45, 2.75) is 23.9 Å². The Hall–Kier alpha value is -2.83. The molecule has 178 valence electrons. The zero-order chi connectivity index (χ0) is 23.5. The average Bonchev–Trinajstić information content (AvgIpc) is 3.46. The Morgan fingerprint density at radius 3 is 3.06 bits per heavy atom. The smallest absolute Gasteiger partial charge is 0.256 e. The topological polar surface area (TPSA) is 99.2 Å². The van der Waals surface area contributed by atoms with Gasteiger partial charge < -0.3 is 18.8 Å². The van der Waals surface area contributed by atoms with Crippen molar-refractivity contribution < 1.29 is 14.3 Å². The summed E-state index contributed by atoms with van der Waals surface area (Å²) >= 11 is 3.03. The first-order chi connectivity index (χ1) is 16.6. The summed E-state index contributed by atoms with van der Waals surface area (Å²) in [7, 11) is 0. The fourth-order valence-corrected chi connectivity index (χ4v) is 4.88. The normalized spacial score (nSPS) is 16.4. The lowest BCUT2D eigenvalue weighted by Crippen LogP contribution is -2.48. The quantitative estimate of drug-likeness (QED) is 0.338. The third kappa shape index (κ3) is 5.13. The molecule has 0 radical (unpaired) electrons. The van der Waals surface area contributed by atoms with Crippen LogP contribution in [0.1, 0.15) is 11.4 Å². The largest absolute Gasteiger partial charge is 0.475 e. The summed E-state index contributed by atoms with van der Waals surface area (Å²) in [6.07, 6.45) is 5.68. The van der Waals surface area contributed by atoms with Gasteiger partial charge in [0.15, 0.2) is 0 Å². The van der Waals surface area contributed by atoms with Gasteiger partial charge in [-0.05, 0) is 25.3 Å². The van der Waals surface area contributed by atoms with Gasteiger partial charge in [-0.15, -0.1) is 16.9 Å². The van der Waals surface area contributed by atoms with Gasteiger partial charge in [-0.3, -0.25) is 4.79 Å². The molecule has 10 nitrogen and oxygen atoms in total. The summed E-state index contributed by atoms with van der Waals surface area (Å²) < 4.78 is 15.5. The maximum absolute atomic E-state index is 12.8. The molecule has 0 bridgehead atoms. The molecule has 1 atom stereocenters. The average molecular weight is 500 g/mol. The van der Waals surface area contributed by atoms with Crippen molar-refractivity contribution in [2.75, 3.05) is 38.3 Å². The van der Waals surface area contributed by atoms with Crippen molar-refractivity contribution in [3.63, 3.8) is 0 Å². The second-order valence-electron chi connectivity index (χ2n) is 7.88. The minimum atomic E-state index is -0.215. The third-order valence-electron chi connectivity index (χ3n) is 5.37. The summed E-state index contributed by atoms with van der Waals surface area (Å²) in [5.74, 6) is 2.26. The molecule has 4 aromatic rings. The van der Waals surface area contributed by atoms with Crippen molar-refractivity contribution in [1.29, 1.82) is 0 Å². The molecular formula is C22H25N7O3S2. The number of morpholine rings is 1. The first-order valence-electron chi connectivity index (χ1n) is 10.9. The SMILES string of the molecule is CSc1nc2nc(C)cc(OCC3CN(C(=O)CSCc4cn5ccccc5n4)CCO3)n2n1. The molecule has 1 aliphatic rings. The van der Waals surface area contributed by atoms with Crippen molar-refractivity contribution in [1.82, 2.24) is 33.9 Å². The van der Waals surface area contributed by atoms with Gasteiger partial charge in [0.1, 0.15) is 18.4 Å². The maximum Gasteiger partial charge on any atom is 0.256 e. The van der Waals surface area contributed by atoms with Gasteiger partial charge in [0.05, 0.1) is 24.6 Å². The summed E-state index contributed by atoms with van der Waals surface area (Å²) in [4.78, 5) is 28.0. The highest BCUT2D eigenvalue weighted by Gasteiger charge is 2.25. The van der Waals surface area contributed by atoms with E-state index in [9.17, 15) is 4.79 Å². The predicted molar refractivity (Wildman–Crippen MR) is 130 cm³/mol. The number of ether oxygens (including phenoxy) is 2. The fraction of sp³-hybridized carbons (Fsp3) is 0.409. The molecule has 0 saturated carbocycles. The van der Waals surface area contributed by atoms with Gasteiger partial charge in [0.2, 0.25) is 16.9 Å². The number of thioether (sulfide) groups is 2. The van der Waals surface area contributed by atoms with Crippen LogP contribution in [0.4, 0.5) is 0 Å². The van der Waals surface area contributed by atoms with Crippen LogP contribution in [0.3, 0.4) is 0 Å². The number of fused-ring (bicyclic) bond motifs is 2. The molecule has 0 spiro atoms. The summed E-state index contributed by atoms with van der Waals surface area (Å²) in [5, 5.41) is 5.05. The third-order valence-corrected chi connectivity index (χ3v) is 6.86. The highest BCUT2D eigenvalue weighted by atomic mass is 32.2. The molecule has 4 aromatic heterocycles. The van der Waals surface area contributed by atoms with Crippen molar-refractivity contribution >= 4 is 40.9 Å².